The summed E-state index contributed by atoms with van der Waals surface area (Å²) in [6, 6.07) is 13.0. The predicted molar refractivity (Wildman–Crippen MR) is 107 cm³/mol. The van der Waals surface area contributed by atoms with E-state index in [4.69, 9.17) is 9.47 Å². The van der Waals surface area contributed by atoms with E-state index in [0.717, 1.165) is 11.3 Å². The minimum atomic E-state index is -0.414. The number of aryl methyl sites for hydroxylation is 1. The van der Waals surface area contributed by atoms with Gasteiger partial charge in [0, 0.05) is 11.8 Å². The molecular formula is C19H21N5O3S. The Hall–Kier alpha value is -3.07. The second-order valence-corrected chi connectivity index (χ2v) is 7.34. The molecule has 1 heterocycles. The number of methoxy groups -OCH3 is 2. The molecule has 0 fully saturated rings. The molecule has 1 atom stereocenters. The van der Waals surface area contributed by atoms with Crippen LogP contribution in [0.15, 0.2) is 47.6 Å². The Kier molecular flexibility index (Phi) is 6.15. The Bertz CT molecular complexity index is 958. The van der Waals surface area contributed by atoms with Crippen molar-refractivity contribution in [3.8, 4) is 17.2 Å². The SMILES string of the molecule is COc1ccc(NC(=O)[C@@H](C)Sc2nnnn2-c2ccc(C)cc2)cc1OC. The molecule has 1 N–H and O–H groups in total. The lowest BCUT2D eigenvalue weighted by Crippen LogP contribution is -2.23. The highest BCUT2D eigenvalue weighted by Gasteiger charge is 2.20. The summed E-state index contributed by atoms with van der Waals surface area (Å²) in [5.41, 5.74) is 2.60. The first-order chi connectivity index (χ1) is 13.5. The fourth-order valence-corrected chi connectivity index (χ4v) is 3.28. The third-order valence-corrected chi connectivity index (χ3v) is 5.05. The van der Waals surface area contributed by atoms with Crippen molar-refractivity contribution >= 4 is 23.4 Å². The molecule has 0 saturated carbocycles. The van der Waals surface area contributed by atoms with Crippen molar-refractivity contribution in [1.82, 2.24) is 20.2 Å². The van der Waals surface area contributed by atoms with Crippen LogP contribution in [-0.4, -0.2) is 45.6 Å². The normalized spacial score (nSPS) is 11.7. The van der Waals surface area contributed by atoms with Crippen LogP contribution in [0.3, 0.4) is 0 Å². The summed E-state index contributed by atoms with van der Waals surface area (Å²) in [5, 5.41) is 14.8. The van der Waals surface area contributed by atoms with E-state index in [1.54, 1.807) is 44.0 Å². The van der Waals surface area contributed by atoms with Gasteiger partial charge in [-0.2, -0.15) is 4.68 Å². The molecule has 0 radical (unpaired) electrons. The van der Waals surface area contributed by atoms with Gasteiger partial charge in [0.05, 0.1) is 25.2 Å². The predicted octanol–water partition coefficient (Wildman–Crippen LogP) is 3.11. The molecule has 0 bridgehead atoms. The first-order valence-electron chi connectivity index (χ1n) is 8.56. The van der Waals surface area contributed by atoms with Gasteiger partial charge in [0.25, 0.3) is 0 Å². The minimum absolute atomic E-state index is 0.171. The number of benzene rings is 2. The van der Waals surface area contributed by atoms with E-state index in [1.165, 1.54) is 11.8 Å². The maximum Gasteiger partial charge on any atom is 0.237 e. The molecule has 1 amide bonds. The number of thioether (sulfide) groups is 1. The van der Waals surface area contributed by atoms with E-state index in [-0.39, 0.29) is 5.91 Å². The maximum absolute atomic E-state index is 12.6. The summed E-state index contributed by atoms with van der Waals surface area (Å²) in [4.78, 5) is 12.6. The topological polar surface area (TPSA) is 91.2 Å². The Morgan fingerprint density at radius 2 is 1.82 bits per heavy atom. The second kappa shape index (κ2) is 8.75. The summed E-state index contributed by atoms with van der Waals surface area (Å²) >= 11 is 1.28. The Balaban J connectivity index is 1.70. The summed E-state index contributed by atoms with van der Waals surface area (Å²) in [5.74, 6) is 0.972. The maximum atomic E-state index is 12.6. The van der Waals surface area contributed by atoms with Crippen molar-refractivity contribution in [2.24, 2.45) is 0 Å². The smallest absolute Gasteiger partial charge is 0.237 e. The Labute approximate surface area is 167 Å². The molecule has 28 heavy (non-hydrogen) atoms. The fraction of sp³-hybridized carbons (Fsp3) is 0.263. The van der Waals surface area contributed by atoms with Crippen LogP contribution in [0.2, 0.25) is 0 Å². The van der Waals surface area contributed by atoms with Crippen molar-refractivity contribution < 1.29 is 14.3 Å². The van der Waals surface area contributed by atoms with Gasteiger partial charge in [-0.25, -0.2) is 0 Å². The van der Waals surface area contributed by atoms with Gasteiger partial charge in [0.2, 0.25) is 11.1 Å². The number of ether oxygens (including phenoxy) is 2. The van der Waals surface area contributed by atoms with Crippen molar-refractivity contribution in [3.63, 3.8) is 0 Å². The first kappa shape index (κ1) is 19.7. The minimum Gasteiger partial charge on any atom is -0.493 e. The van der Waals surface area contributed by atoms with E-state index in [0.29, 0.717) is 22.3 Å². The summed E-state index contributed by atoms with van der Waals surface area (Å²) in [6.07, 6.45) is 0. The van der Waals surface area contributed by atoms with Crippen molar-refractivity contribution in [2.75, 3.05) is 19.5 Å². The van der Waals surface area contributed by atoms with Gasteiger partial charge in [-0.3, -0.25) is 4.79 Å². The molecular weight excluding hydrogens is 378 g/mol. The number of amides is 1. The quantitative estimate of drug-likeness (QED) is 0.610. The van der Waals surface area contributed by atoms with Crippen LogP contribution in [0.1, 0.15) is 12.5 Å². The molecule has 1 aromatic heterocycles. The highest BCUT2D eigenvalue weighted by molar-refractivity contribution is 8.00. The third kappa shape index (κ3) is 4.42. The zero-order valence-electron chi connectivity index (χ0n) is 16.0. The van der Waals surface area contributed by atoms with E-state index in [1.807, 2.05) is 31.2 Å². The zero-order chi connectivity index (χ0) is 20.1. The van der Waals surface area contributed by atoms with Gasteiger partial charge in [-0.15, -0.1) is 5.10 Å². The lowest BCUT2D eigenvalue weighted by molar-refractivity contribution is -0.115. The summed E-state index contributed by atoms with van der Waals surface area (Å²) in [7, 11) is 3.11. The molecule has 2 aromatic carbocycles. The standard InChI is InChI=1S/C19H21N5O3S/c1-12-5-8-15(9-6-12)24-19(21-22-23-24)28-13(2)18(25)20-14-7-10-16(26-3)17(11-14)27-4/h5-11,13H,1-4H3,(H,20,25)/t13-/m1/s1. The number of anilines is 1. The summed E-state index contributed by atoms with van der Waals surface area (Å²) in [6.45, 7) is 3.81. The molecule has 9 heteroatoms. The number of nitrogens with zero attached hydrogens (tertiary/aromatic N) is 4. The van der Waals surface area contributed by atoms with Gasteiger partial charge in [-0.05, 0) is 48.5 Å². The van der Waals surface area contributed by atoms with Gasteiger partial charge in [0.15, 0.2) is 11.5 Å². The number of carbonyl (C=O) groups is 1. The lowest BCUT2D eigenvalue weighted by atomic mass is 10.2. The van der Waals surface area contributed by atoms with Crippen LogP contribution in [0.25, 0.3) is 5.69 Å². The number of rotatable bonds is 7. The number of nitrogens with one attached hydrogen (secondary N) is 1. The van der Waals surface area contributed by atoms with Gasteiger partial charge >= 0.3 is 0 Å². The number of aromatic nitrogens is 4. The highest BCUT2D eigenvalue weighted by atomic mass is 32.2. The Morgan fingerprint density at radius 3 is 2.50 bits per heavy atom. The van der Waals surface area contributed by atoms with Crippen LogP contribution < -0.4 is 14.8 Å². The molecule has 0 aliphatic carbocycles. The number of tetrazole rings is 1. The third-order valence-electron chi connectivity index (χ3n) is 4.02. The average Bonchev–Trinajstić information content (AvgIpc) is 3.16. The van der Waals surface area contributed by atoms with Gasteiger partial charge in [0.1, 0.15) is 0 Å². The molecule has 3 aromatic rings. The average molecular weight is 399 g/mol. The fourth-order valence-electron chi connectivity index (χ4n) is 2.47. The lowest BCUT2D eigenvalue weighted by Gasteiger charge is -2.13. The largest absolute Gasteiger partial charge is 0.493 e. The van der Waals surface area contributed by atoms with E-state index in [9.17, 15) is 4.79 Å². The van der Waals surface area contributed by atoms with Crippen LogP contribution in [0.5, 0.6) is 11.5 Å². The number of hydrogen-bond acceptors (Lipinski definition) is 7. The monoisotopic (exact) mass is 399 g/mol. The molecule has 0 spiro atoms. The van der Waals surface area contributed by atoms with Crippen molar-refractivity contribution in [3.05, 3.63) is 48.0 Å². The number of hydrogen-bond donors (Lipinski definition) is 1. The first-order valence-corrected chi connectivity index (χ1v) is 9.44. The molecule has 0 aliphatic heterocycles. The van der Waals surface area contributed by atoms with Crippen LogP contribution >= 0.6 is 11.8 Å². The van der Waals surface area contributed by atoms with Crippen LogP contribution in [-0.2, 0) is 4.79 Å². The van der Waals surface area contributed by atoms with Gasteiger partial charge in [-0.1, -0.05) is 29.5 Å². The zero-order valence-corrected chi connectivity index (χ0v) is 16.9. The van der Waals surface area contributed by atoms with Crippen molar-refractivity contribution in [2.45, 2.75) is 24.3 Å². The van der Waals surface area contributed by atoms with Crippen LogP contribution in [0.4, 0.5) is 5.69 Å². The molecule has 0 saturated heterocycles. The summed E-state index contributed by atoms with van der Waals surface area (Å²) < 4.78 is 12.1. The molecule has 8 nitrogen and oxygen atoms in total. The second-order valence-electron chi connectivity index (χ2n) is 6.03. The highest BCUT2D eigenvalue weighted by Crippen LogP contribution is 2.30. The van der Waals surface area contributed by atoms with E-state index >= 15 is 0 Å². The van der Waals surface area contributed by atoms with Crippen LogP contribution in [0, 0.1) is 6.92 Å². The molecule has 0 unspecified atom stereocenters. The Morgan fingerprint density at radius 1 is 1.11 bits per heavy atom. The number of carbonyl (C=O) groups excluding carboxylic acids is 1. The molecule has 3 rings (SSSR count). The molecule has 0 aliphatic rings. The van der Waals surface area contributed by atoms with E-state index in [2.05, 4.69) is 20.8 Å². The van der Waals surface area contributed by atoms with Crippen molar-refractivity contribution in [1.29, 1.82) is 0 Å². The van der Waals surface area contributed by atoms with Gasteiger partial charge < -0.3 is 14.8 Å². The van der Waals surface area contributed by atoms with E-state index < -0.39 is 5.25 Å². The molecule has 146 valence electrons.